The van der Waals surface area contributed by atoms with Gasteiger partial charge in [0.25, 0.3) is 0 Å². The number of carbonyl (C=O) groups excluding carboxylic acids is 1. The average molecular weight is 501 g/mol. The summed E-state index contributed by atoms with van der Waals surface area (Å²) in [5.74, 6) is -0.0333. The zero-order chi connectivity index (χ0) is 21.1. The molecule has 1 fully saturated rings. The van der Waals surface area contributed by atoms with Gasteiger partial charge in [-0.05, 0) is 71.5 Å². The van der Waals surface area contributed by atoms with Crippen molar-refractivity contribution in [3.8, 4) is 0 Å². The molecule has 0 bridgehead atoms. The Morgan fingerprint density at radius 3 is 2.70 bits per heavy atom. The number of benzene rings is 1. The number of aromatic nitrogens is 1. The first-order valence-corrected chi connectivity index (χ1v) is 11.6. The van der Waals surface area contributed by atoms with Crippen molar-refractivity contribution >= 4 is 56.2 Å². The number of nitrogens with zero attached hydrogens (tertiary/aromatic N) is 2. The number of thiocarbonyl (C=S) groups is 1. The van der Waals surface area contributed by atoms with Crippen LogP contribution in [0, 0.1) is 6.92 Å². The normalized spacial score (nSPS) is 18.3. The Morgan fingerprint density at radius 2 is 2.03 bits per heavy atom. The summed E-state index contributed by atoms with van der Waals surface area (Å²) in [4.78, 5) is 20.3. The standard InChI is InChI=1S/C22H21BrN4OS2/c1-14-5-7-15(8-6-14)25-19(28)11-13-27-21(17-9-10-18(23)30-17)20(26-22(27)29)16-4-2-3-12-24-16/h2-10,12,20-21H,11,13H2,1H3,(H,25,28)(H,26,29)/t20-,21-/m1/s1. The van der Waals surface area contributed by atoms with Gasteiger partial charge in [-0.3, -0.25) is 9.78 Å². The summed E-state index contributed by atoms with van der Waals surface area (Å²) < 4.78 is 1.06. The molecule has 0 aliphatic carbocycles. The van der Waals surface area contributed by atoms with E-state index in [0.717, 1.165) is 20.7 Å². The second kappa shape index (κ2) is 9.24. The van der Waals surface area contributed by atoms with E-state index in [0.29, 0.717) is 18.1 Å². The third kappa shape index (κ3) is 4.71. The molecule has 154 valence electrons. The quantitative estimate of drug-likeness (QED) is 0.454. The first-order chi connectivity index (χ1) is 14.5. The van der Waals surface area contributed by atoms with Crippen LogP contribution in [0.5, 0.6) is 0 Å². The molecule has 2 N–H and O–H groups in total. The van der Waals surface area contributed by atoms with Gasteiger partial charge in [0, 0.05) is 29.7 Å². The zero-order valence-electron chi connectivity index (χ0n) is 16.3. The Labute approximate surface area is 193 Å². The molecule has 4 rings (SSSR count). The SMILES string of the molecule is Cc1ccc(NC(=O)CCN2C(=S)N[C@H](c3ccccn3)[C@H]2c2ccc(Br)s2)cc1. The molecule has 30 heavy (non-hydrogen) atoms. The Hall–Kier alpha value is -2.29. The maximum atomic E-state index is 12.5. The van der Waals surface area contributed by atoms with Crippen molar-refractivity contribution in [2.75, 3.05) is 11.9 Å². The topological polar surface area (TPSA) is 57.3 Å². The van der Waals surface area contributed by atoms with E-state index in [2.05, 4.69) is 42.5 Å². The number of halogens is 1. The molecule has 0 spiro atoms. The summed E-state index contributed by atoms with van der Waals surface area (Å²) in [6, 6.07) is 17.7. The largest absolute Gasteiger partial charge is 0.352 e. The van der Waals surface area contributed by atoms with Crippen molar-refractivity contribution < 1.29 is 4.79 Å². The maximum absolute atomic E-state index is 12.5. The minimum atomic E-state index is -0.0654. The molecule has 3 aromatic rings. The lowest BCUT2D eigenvalue weighted by Gasteiger charge is -2.26. The minimum absolute atomic E-state index is 0.0177. The average Bonchev–Trinajstić information content (AvgIpc) is 3.31. The number of aryl methyl sites for hydroxylation is 1. The van der Waals surface area contributed by atoms with Crippen LogP contribution < -0.4 is 10.6 Å². The fraction of sp³-hybridized carbons (Fsp3) is 0.227. The highest BCUT2D eigenvalue weighted by Gasteiger charge is 2.40. The first kappa shape index (κ1) is 21.0. The fourth-order valence-electron chi connectivity index (χ4n) is 3.52. The maximum Gasteiger partial charge on any atom is 0.226 e. The molecule has 3 heterocycles. The molecule has 0 saturated carbocycles. The second-order valence-corrected chi connectivity index (χ2v) is 10.0. The van der Waals surface area contributed by atoms with E-state index in [1.54, 1.807) is 17.5 Å². The summed E-state index contributed by atoms with van der Waals surface area (Å²) in [6.07, 6.45) is 2.13. The Balaban J connectivity index is 1.51. The van der Waals surface area contributed by atoms with Crippen LogP contribution in [-0.4, -0.2) is 27.4 Å². The Morgan fingerprint density at radius 1 is 1.23 bits per heavy atom. The van der Waals surface area contributed by atoms with Gasteiger partial charge in [0.05, 0.1) is 21.6 Å². The summed E-state index contributed by atoms with van der Waals surface area (Å²) in [7, 11) is 0. The molecular weight excluding hydrogens is 480 g/mol. The van der Waals surface area contributed by atoms with Gasteiger partial charge >= 0.3 is 0 Å². The van der Waals surface area contributed by atoms with Crippen LogP contribution in [0.3, 0.4) is 0 Å². The zero-order valence-corrected chi connectivity index (χ0v) is 19.6. The smallest absolute Gasteiger partial charge is 0.226 e. The van der Waals surface area contributed by atoms with E-state index in [1.165, 1.54) is 4.88 Å². The number of carbonyl (C=O) groups is 1. The number of hydrogen-bond donors (Lipinski definition) is 2. The minimum Gasteiger partial charge on any atom is -0.352 e. The molecule has 1 aliphatic rings. The van der Waals surface area contributed by atoms with Crippen molar-refractivity contribution in [3.63, 3.8) is 0 Å². The Kier molecular flexibility index (Phi) is 6.46. The van der Waals surface area contributed by atoms with Gasteiger partial charge in [-0.2, -0.15) is 0 Å². The molecule has 2 atom stereocenters. The summed E-state index contributed by atoms with van der Waals surface area (Å²) in [5, 5.41) is 7.02. The molecule has 1 saturated heterocycles. The van der Waals surface area contributed by atoms with Crippen LogP contribution in [0.4, 0.5) is 5.69 Å². The molecule has 8 heteroatoms. The van der Waals surface area contributed by atoms with E-state index < -0.39 is 0 Å². The lowest BCUT2D eigenvalue weighted by atomic mass is 10.0. The predicted molar refractivity (Wildman–Crippen MR) is 129 cm³/mol. The number of hydrogen-bond acceptors (Lipinski definition) is 4. The second-order valence-electron chi connectivity index (χ2n) is 7.13. The number of thiophene rings is 1. The van der Waals surface area contributed by atoms with Crippen LogP contribution in [0.15, 0.2) is 64.6 Å². The number of nitrogens with one attached hydrogen (secondary N) is 2. The number of rotatable bonds is 6. The van der Waals surface area contributed by atoms with Gasteiger partial charge in [0.15, 0.2) is 5.11 Å². The van der Waals surface area contributed by atoms with Gasteiger partial charge in [-0.15, -0.1) is 11.3 Å². The van der Waals surface area contributed by atoms with Crippen molar-refractivity contribution in [3.05, 3.63) is 80.7 Å². The number of amides is 1. The van der Waals surface area contributed by atoms with Crippen LogP contribution >= 0.6 is 39.5 Å². The Bertz CT molecular complexity index is 1040. The van der Waals surface area contributed by atoms with Gasteiger partial charge in [0.1, 0.15) is 0 Å². The summed E-state index contributed by atoms with van der Waals surface area (Å²) >= 11 is 10.9. The van der Waals surface area contributed by atoms with Crippen LogP contribution in [0.25, 0.3) is 0 Å². The van der Waals surface area contributed by atoms with Gasteiger partial charge < -0.3 is 15.5 Å². The van der Waals surface area contributed by atoms with Crippen LogP contribution in [0.1, 0.15) is 34.6 Å². The third-order valence-electron chi connectivity index (χ3n) is 5.00. The monoisotopic (exact) mass is 500 g/mol. The first-order valence-electron chi connectivity index (χ1n) is 9.61. The molecule has 0 unspecified atom stereocenters. The van der Waals surface area contributed by atoms with Crippen molar-refractivity contribution in [1.82, 2.24) is 15.2 Å². The molecule has 5 nitrogen and oxygen atoms in total. The fourth-order valence-corrected chi connectivity index (χ4v) is 5.43. The van der Waals surface area contributed by atoms with E-state index in [-0.39, 0.29) is 18.0 Å². The molecule has 2 aromatic heterocycles. The lowest BCUT2D eigenvalue weighted by molar-refractivity contribution is -0.116. The van der Waals surface area contributed by atoms with Crippen molar-refractivity contribution in [2.45, 2.75) is 25.4 Å². The van der Waals surface area contributed by atoms with Gasteiger partial charge in [0.2, 0.25) is 5.91 Å². The van der Waals surface area contributed by atoms with Crippen LogP contribution in [-0.2, 0) is 4.79 Å². The highest BCUT2D eigenvalue weighted by molar-refractivity contribution is 9.11. The number of anilines is 1. The molecule has 1 aliphatic heterocycles. The third-order valence-corrected chi connectivity index (χ3v) is 7.05. The molecular formula is C22H21BrN4OS2. The molecule has 1 amide bonds. The van der Waals surface area contributed by atoms with E-state index in [1.807, 2.05) is 55.5 Å². The highest BCUT2D eigenvalue weighted by atomic mass is 79.9. The highest BCUT2D eigenvalue weighted by Crippen LogP contribution is 2.42. The predicted octanol–water partition coefficient (Wildman–Crippen LogP) is 5.22. The molecule has 1 aromatic carbocycles. The van der Waals surface area contributed by atoms with E-state index in [4.69, 9.17) is 12.2 Å². The number of pyridine rings is 1. The summed E-state index contributed by atoms with van der Waals surface area (Å²) in [5.41, 5.74) is 2.89. The summed E-state index contributed by atoms with van der Waals surface area (Å²) in [6.45, 7) is 2.54. The van der Waals surface area contributed by atoms with Gasteiger partial charge in [-0.25, -0.2) is 0 Å². The molecule has 0 radical (unpaired) electrons. The van der Waals surface area contributed by atoms with Crippen molar-refractivity contribution in [1.29, 1.82) is 0 Å². The van der Waals surface area contributed by atoms with E-state index in [9.17, 15) is 4.79 Å². The van der Waals surface area contributed by atoms with Crippen LogP contribution in [0.2, 0.25) is 0 Å². The van der Waals surface area contributed by atoms with E-state index >= 15 is 0 Å². The van der Waals surface area contributed by atoms with Crippen molar-refractivity contribution in [2.24, 2.45) is 0 Å². The lowest BCUT2D eigenvalue weighted by Crippen LogP contribution is -2.32. The van der Waals surface area contributed by atoms with Gasteiger partial charge in [-0.1, -0.05) is 23.8 Å².